The number of aromatic amines is 1. The molecule has 0 saturated heterocycles. The van der Waals surface area contributed by atoms with Crippen LogP contribution in [0.2, 0.25) is 0 Å². The van der Waals surface area contributed by atoms with Gasteiger partial charge in [-0.1, -0.05) is 12.1 Å². The van der Waals surface area contributed by atoms with Crippen molar-refractivity contribution in [2.24, 2.45) is 4.99 Å². The molecule has 4 nitrogen and oxygen atoms in total. The lowest BCUT2D eigenvalue weighted by atomic mass is 10.2. The van der Waals surface area contributed by atoms with Gasteiger partial charge in [-0.15, -0.1) is 0 Å². The van der Waals surface area contributed by atoms with Crippen LogP contribution in [0.15, 0.2) is 47.5 Å². The monoisotopic (exact) mass is 298 g/mol. The van der Waals surface area contributed by atoms with Gasteiger partial charge in [0.2, 0.25) is 0 Å². The van der Waals surface area contributed by atoms with Crippen molar-refractivity contribution in [3.63, 3.8) is 0 Å². The van der Waals surface area contributed by atoms with Crippen molar-refractivity contribution in [3.8, 4) is 11.6 Å². The van der Waals surface area contributed by atoms with Crippen LogP contribution in [0, 0.1) is 5.82 Å². The summed E-state index contributed by atoms with van der Waals surface area (Å²) in [4.78, 5) is 7.11. The molecule has 2 aromatic carbocycles. The second-order valence-corrected chi connectivity index (χ2v) is 4.90. The molecule has 0 spiro atoms. The van der Waals surface area contributed by atoms with E-state index in [9.17, 15) is 9.50 Å². The van der Waals surface area contributed by atoms with Gasteiger partial charge >= 0.3 is 0 Å². The number of rotatable bonds is 4. The minimum absolute atomic E-state index is 0.0147. The van der Waals surface area contributed by atoms with Crippen LogP contribution < -0.4 is 4.74 Å². The summed E-state index contributed by atoms with van der Waals surface area (Å²) >= 11 is 0. The van der Waals surface area contributed by atoms with Gasteiger partial charge in [-0.2, -0.15) is 0 Å². The van der Waals surface area contributed by atoms with Crippen molar-refractivity contribution in [2.45, 2.75) is 6.54 Å². The third-order valence-corrected chi connectivity index (χ3v) is 3.43. The van der Waals surface area contributed by atoms with Gasteiger partial charge in [0.05, 0.1) is 19.2 Å². The predicted molar refractivity (Wildman–Crippen MR) is 84.2 cm³/mol. The number of fused-ring (bicyclic) bond motifs is 1. The highest BCUT2D eigenvalue weighted by atomic mass is 19.1. The first-order chi connectivity index (χ1) is 10.7. The summed E-state index contributed by atoms with van der Waals surface area (Å²) in [6.45, 7) is 0.464. The molecule has 0 atom stereocenters. The van der Waals surface area contributed by atoms with Crippen LogP contribution in [0.25, 0.3) is 10.9 Å². The van der Waals surface area contributed by atoms with Crippen molar-refractivity contribution in [2.75, 3.05) is 7.11 Å². The summed E-state index contributed by atoms with van der Waals surface area (Å²) in [5, 5.41) is 10.5. The Morgan fingerprint density at radius 3 is 2.73 bits per heavy atom. The van der Waals surface area contributed by atoms with Gasteiger partial charge in [-0.25, -0.2) is 4.39 Å². The number of aromatic nitrogens is 1. The third kappa shape index (κ3) is 2.79. The zero-order chi connectivity index (χ0) is 15.5. The van der Waals surface area contributed by atoms with Crippen LogP contribution in [-0.2, 0) is 6.54 Å². The minimum Gasteiger partial charge on any atom is -0.497 e. The van der Waals surface area contributed by atoms with Crippen molar-refractivity contribution < 1.29 is 14.2 Å². The lowest BCUT2D eigenvalue weighted by molar-refractivity contribution is 0.414. The number of aromatic hydroxyl groups is 1. The Hall–Kier alpha value is -2.82. The summed E-state index contributed by atoms with van der Waals surface area (Å²) in [6.07, 6.45) is 1.55. The third-order valence-electron chi connectivity index (χ3n) is 3.43. The van der Waals surface area contributed by atoms with E-state index in [-0.39, 0.29) is 11.7 Å². The number of hydrogen-bond acceptors (Lipinski definition) is 3. The largest absolute Gasteiger partial charge is 0.497 e. The molecule has 0 radical (unpaired) electrons. The van der Waals surface area contributed by atoms with Crippen molar-refractivity contribution in [1.29, 1.82) is 0 Å². The number of benzene rings is 2. The van der Waals surface area contributed by atoms with Crippen molar-refractivity contribution >= 4 is 17.1 Å². The molecule has 3 aromatic rings. The van der Waals surface area contributed by atoms with E-state index in [4.69, 9.17) is 4.74 Å². The number of ether oxygens (including phenoxy) is 1. The molecule has 0 aliphatic carbocycles. The van der Waals surface area contributed by atoms with Gasteiger partial charge in [-0.05, 0) is 35.9 Å². The number of aliphatic imine (C=N–C) groups is 1. The molecular formula is C17H15FN2O2. The molecule has 0 fully saturated rings. The van der Waals surface area contributed by atoms with E-state index in [1.54, 1.807) is 19.4 Å². The number of nitrogens with one attached hydrogen (secondary N) is 1. The van der Waals surface area contributed by atoms with E-state index in [0.717, 1.165) is 11.3 Å². The lowest BCUT2D eigenvalue weighted by Crippen LogP contribution is -1.86. The van der Waals surface area contributed by atoms with Crippen LogP contribution in [0.3, 0.4) is 0 Å². The topological polar surface area (TPSA) is 57.6 Å². The van der Waals surface area contributed by atoms with Crippen molar-refractivity contribution in [1.82, 2.24) is 4.98 Å². The van der Waals surface area contributed by atoms with Gasteiger partial charge in [0, 0.05) is 17.1 Å². The Morgan fingerprint density at radius 1 is 1.23 bits per heavy atom. The lowest BCUT2D eigenvalue weighted by Gasteiger charge is -2.00. The molecular weight excluding hydrogens is 283 g/mol. The second kappa shape index (κ2) is 5.89. The number of halogens is 1. The molecule has 5 heteroatoms. The van der Waals surface area contributed by atoms with Crippen molar-refractivity contribution in [3.05, 3.63) is 59.4 Å². The normalized spacial score (nSPS) is 11.4. The van der Waals surface area contributed by atoms with Crippen LogP contribution in [0.4, 0.5) is 4.39 Å². The number of methoxy groups -OCH3 is 1. The number of H-pyrrole nitrogens is 1. The first-order valence-electron chi connectivity index (χ1n) is 6.80. The molecule has 2 N–H and O–H groups in total. The van der Waals surface area contributed by atoms with E-state index < -0.39 is 0 Å². The smallest absolute Gasteiger partial charge is 0.198 e. The maximum absolute atomic E-state index is 13.3. The van der Waals surface area contributed by atoms with Crippen LogP contribution >= 0.6 is 0 Å². The minimum atomic E-state index is -0.351. The van der Waals surface area contributed by atoms with Gasteiger partial charge in [0.1, 0.15) is 11.6 Å². The maximum Gasteiger partial charge on any atom is 0.198 e. The van der Waals surface area contributed by atoms with Crippen LogP contribution in [0.5, 0.6) is 11.6 Å². The molecule has 0 aliphatic rings. The number of hydrogen-bond donors (Lipinski definition) is 2. The van der Waals surface area contributed by atoms with E-state index >= 15 is 0 Å². The molecule has 112 valence electrons. The standard InChI is InChI=1S/C17H15FN2O2/c1-22-13-5-2-11(3-6-13)9-19-10-15-14-8-12(18)4-7-16(14)20-17(15)21/h2-8,10,20-21H,9H2,1H3. The van der Waals surface area contributed by atoms with E-state index in [1.165, 1.54) is 12.1 Å². The molecule has 0 saturated carbocycles. The van der Waals surface area contributed by atoms with E-state index in [0.29, 0.717) is 23.0 Å². The summed E-state index contributed by atoms with van der Waals surface area (Å²) in [6, 6.07) is 11.9. The zero-order valence-electron chi connectivity index (χ0n) is 12.0. The maximum atomic E-state index is 13.3. The zero-order valence-corrected chi connectivity index (χ0v) is 12.0. The molecule has 3 rings (SSSR count). The second-order valence-electron chi connectivity index (χ2n) is 4.90. The molecule has 1 heterocycles. The highest BCUT2D eigenvalue weighted by molar-refractivity contribution is 6.01. The molecule has 1 aromatic heterocycles. The molecule has 0 bridgehead atoms. The Balaban J connectivity index is 1.82. The molecule has 22 heavy (non-hydrogen) atoms. The Labute approximate surface area is 126 Å². The van der Waals surface area contributed by atoms with Gasteiger partial charge in [-0.3, -0.25) is 4.99 Å². The van der Waals surface area contributed by atoms with Crippen LogP contribution in [-0.4, -0.2) is 23.4 Å². The highest BCUT2D eigenvalue weighted by Crippen LogP contribution is 2.26. The summed E-state index contributed by atoms with van der Waals surface area (Å²) < 4.78 is 18.4. The molecule has 0 amide bonds. The average Bonchev–Trinajstić information content (AvgIpc) is 2.83. The first kappa shape index (κ1) is 14.1. The fourth-order valence-electron chi connectivity index (χ4n) is 2.27. The number of nitrogens with zero attached hydrogens (tertiary/aromatic N) is 1. The summed E-state index contributed by atoms with van der Waals surface area (Å²) in [7, 11) is 1.62. The predicted octanol–water partition coefficient (Wildman–Crippen LogP) is 3.64. The van der Waals surface area contributed by atoms with Gasteiger partial charge < -0.3 is 14.8 Å². The average molecular weight is 298 g/mol. The first-order valence-corrected chi connectivity index (χ1v) is 6.80. The molecule has 0 aliphatic heterocycles. The highest BCUT2D eigenvalue weighted by Gasteiger charge is 2.09. The van der Waals surface area contributed by atoms with Crippen LogP contribution in [0.1, 0.15) is 11.1 Å². The Kier molecular flexibility index (Phi) is 3.78. The Morgan fingerprint density at radius 2 is 2.00 bits per heavy atom. The fraction of sp³-hybridized carbons (Fsp3) is 0.118. The summed E-state index contributed by atoms with van der Waals surface area (Å²) in [5.74, 6) is 0.424. The summed E-state index contributed by atoms with van der Waals surface area (Å²) in [5.41, 5.74) is 2.18. The van der Waals surface area contributed by atoms with E-state index in [2.05, 4.69) is 9.98 Å². The fourth-order valence-corrected chi connectivity index (χ4v) is 2.27. The van der Waals surface area contributed by atoms with Gasteiger partial charge in [0.25, 0.3) is 0 Å². The van der Waals surface area contributed by atoms with E-state index in [1.807, 2.05) is 24.3 Å². The quantitative estimate of drug-likeness (QED) is 0.722. The Bertz CT molecular complexity index is 823. The van der Waals surface area contributed by atoms with Gasteiger partial charge in [0.15, 0.2) is 5.88 Å². The molecule has 0 unspecified atom stereocenters. The SMILES string of the molecule is COc1ccc(CN=Cc2c(O)[nH]c3ccc(F)cc23)cc1.